The van der Waals surface area contributed by atoms with Gasteiger partial charge < -0.3 is 5.11 Å². The molecule has 0 saturated heterocycles. The highest BCUT2D eigenvalue weighted by atomic mass is 79.9. The van der Waals surface area contributed by atoms with Gasteiger partial charge in [-0.2, -0.15) is 5.10 Å². The summed E-state index contributed by atoms with van der Waals surface area (Å²) in [6.07, 6.45) is 1.40. The molecular weight excluding hydrogens is 301 g/mol. The number of hydrogen-bond acceptors (Lipinski definition) is 3. The molecule has 2 aromatic rings. The fraction of sp³-hybridized carbons (Fsp3) is 0.333. The van der Waals surface area contributed by atoms with Crippen molar-refractivity contribution in [3.05, 3.63) is 46.2 Å². The normalized spacial score (nSPS) is 12.7. The highest BCUT2D eigenvalue weighted by Gasteiger charge is 2.17. The van der Waals surface area contributed by atoms with Crippen molar-refractivity contribution < 1.29 is 9.50 Å². The van der Waals surface area contributed by atoms with Crippen LogP contribution in [0.5, 0.6) is 0 Å². The van der Waals surface area contributed by atoms with Gasteiger partial charge in [-0.05, 0) is 40.0 Å². The molecule has 1 aromatic carbocycles. The van der Waals surface area contributed by atoms with Gasteiger partial charge in [0.15, 0.2) is 5.82 Å². The van der Waals surface area contributed by atoms with E-state index in [1.807, 2.05) is 6.92 Å². The van der Waals surface area contributed by atoms with Crippen molar-refractivity contribution in [2.75, 3.05) is 0 Å². The number of nitrogens with zero attached hydrogens (tertiary/aromatic N) is 3. The van der Waals surface area contributed by atoms with E-state index in [2.05, 4.69) is 26.0 Å². The van der Waals surface area contributed by atoms with Crippen LogP contribution in [-0.2, 0) is 6.54 Å². The molecule has 2 rings (SSSR count). The third-order valence-corrected chi connectivity index (χ3v) is 3.19. The Bertz CT molecular complexity index is 544. The van der Waals surface area contributed by atoms with Crippen molar-refractivity contribution in [1.29, 1.82) is 0 Å². The summed E-state index contributed by atoms with van der Waals surface area (Å²) in [4.78, 5) is 4.06. The van der Waals surface area contributed by atoms with Gasteiger partial charge in [0.1, 0.15) is 18.2 Å². The van der Waals surface area contributed by atoms with Crippen molar-refractivity contribution in [1.82, 2.24) is 14.8 Å². The maximum atomic E-state index is 13.1. The molecule has 0 amide bonds. The summed E-state index contributed by atoms with van der Waals surface area (Å²) < 4.78 is 15.1. The van der Waals surface area contributed by atoms with Crippen molar-refractivity contribution in [3.8, 4) is 0 Å². The molecule has 1 aromatic heterocycles. The Kier molecular flexibility index (Phi) is 4.08. The first-order valence-corrected chi connectivity index (χ1v) is 6.43. The molecule has 0 spiro atoms. The van der Waals surface area contributed by atoms with E-state index in [1.54, 1.807) is 10.7 Å². The van der Waals surface area contributed by atoms with E-state index >= 15 is 0 Å². The Morgan fingerprint density at radius 2 is 2.28 bits per heavy atom. The molecule has 1 N–H and O–H groups in total. The Labute approximate surface area is 113 Å². The van der Waals surface area contributed by atoms with Gasteiger partial charge in [0.05, 0.1) is 4.47 Å². The van der Waals surface area contributed by atoms with Crippen LogP contribution < -0.4 is 0 Å². The summed E-state index contributed by atoms with van der Waals surface area (Å²) >= 11 is 3.10. The maximum Gasteiger partial charge on any atom is 0.160 e. The number of halogens is 2. The fourth-order valence-corrected chi connectivity index (χ4v) is 2.10. The molecule has 4 nitrogen and oxygen atoms in total. The number of rotatable bonds is 4. The van der Waals surface area contributed by atoms with E-state index in [0.29, 0.717) is 22.4 Å². The highest BCUT2D eigenvalue weighted by molar-refractivity contribution is 9.10. The number of hydrogen-bond donors (Lipinski definition) is 1. The summed E-state index contributed by atoms with van der Waals surface area (Å²) in [5.41, 5.74) is 0.577. The monoisotopic (exact) mass is 313 g/mol. The molecule has 6 heteroatoms. The first-order chi connectivity index (χ1) is 8.63. The van der Waals surface area contributed by atoms with Crippen LogP contribution in [0.3, 0.4) is 0 Å². The number of benzene rings is 1. The summed E-state index contributed by atoms with van der Waals surface area (Å²) in [7, 11) is 0. The largest absolute Gasteiger partial charge is 0.380 e. The number of aliphatic hydroxyl groups excluding tert-OH is 1. The van der Waals surface area contributed by atoms with E-state index in [-0.39, 0.29) is 5.82 Å². The second kappa shape index (κ2) is 5.58. The van der Waals surface area contributed by atoms with E-state index < -0.39 is 6.10 Å². The van der Waals surface area contributed by atoms with Gasteiger partial charge in [-0.15, -0.1) is 0 Å². The van der Waals surface area contributed by atoms with Crippen LogP contribution in [0.25, 0.3) is 0 Å². The Morgan fingerprint density at radius 1 is 1.50 bits per heavy atom. The molecule has 1 unspecified atom stereocenters. The van der Waals surface area contributed by atoms with Crippen molar-refractivity contribution in [2.45, 2.75) is 26.0 Å². The Morgan fingerprint density at radius 3 is 2.94 bits per heavy atom. The predicted octanol–water partition coefficient (Wildman–Crippen LogP) is 2.67. The summed E-state index contributed by atoms with van der Waals surface area (Å²) in [5, 5.41) is 14.3. The number of aryl methyl sites for hydroxylation is 1. The SMILES string of the molecule is CCCn1ncnc1C(O)c1ccc(F)c(Br)c1. The van der Waals surface area contributed by atoms with Crippen LogP contribution in [0.1, 0.15) is 30.8 Å². The zero-order valence-electron chi connectivity index (χ0n) is 9.85. The lowest BCUT2D eigenvalue weighted by atomic mass is 10.1. The minimum Gasteiger partial charge on any atom is -0.380 e. The van der Waals surface area contributed by atoms with Gasteiger partial charge in [-0.3, -0.25) is 0 Å². The second-order valence-electron chi connectivity index (χ2n) is 3.92. The first kappa shape index (κ1) is 13.2. The lowest BCUT2D eigenvalue weighted by Gasteiger charge is -2.12. The van der Waals surface area contributed by atoms with Crippen LogP contribution in [0.2, 0.25) is 0 Å². The molecule has 0 saturated carbocycles. The molecule has 0 fully saturated rings. The minimum absolute atomic E-state index is 0.320. The van der Waals surface area contributed by atoms with Gasteiger partial charge in [-0.25, -0.2) is 14.1 Å². The van der Waals surface area contributed by atoms with Gasteiger partial charge in [-0.1, -0.05) is 13.0 Å². The van der Waals surface area contributed by atoms with Crippen LogP contribution in [0, 0.1) is 5.82 Å². The standard InChI is InChI=1S/C12H13BrFN3O/c1-2-5-17-12(15-7-16-17)11(18)8-3-4-10(14)9(13)6-8/h3-4,6-7,11,18H,2,5H2,1H3. The molecule has 0 radical (unpaired) electrons. The number of aliphatic hydroxyl groups is 1. The molecule has 1 atom stereocenters. The van der Waals surface area contributed by atoms with Gasteiger partial charge in [0, 0.05) is 6.54 Å². The van der Waals surface area contributed by atoms with Crippen molar-refractivity contribution in [2.24, 2.45) is 0 Å². The zero-order valence-corrected chi connectivity index (χ0v) is 11.4. The summed E-state index contributed by atoms with van der Waals surface area (Å²) in [5.74, 6) is 0.108. The van der Waals surface area contributed by atoms with Gasteiger partial charge in [0.25, 0.3) is 0 Å². The average Bonchev–Trinajstić information content (AvgIpc) is 2.80. The van der Waals surface area contributed by atoms with Crippen LogP contribution in [0.4, 0.5) is 4.39 Å². The molecule has 0 aliphatic rings. The van der Waals surface area contributed by atoms with Gasteiger partial charge in [0.2, 0.25) is 0 Å². The Balaban J connectivity index is 2.32. The summed E-state index contributed by atoms with van der Waals surface area (Å²) in [6.45, 7) is 2.71. The second-order valence-corrected chi connectivity index (χ2v) is 4.77. The van der Waals surface area contributed by atoms with Gasteiger partial charge >= 0.3 is 0 Å². The predicted molar refractivity (Wildman–Crippen MR) is 68.5 cm³/mol. The van der Waals surface area contributed by atoms with Crippen LogP contribution in [-0.4, -0.2) is 19.9 Å². The smallest absolute Gasteiger partial charge is 0.160 e. The Hall–Kier alpha value is -1.27. The lowest BCUT2D eigenvalue weighted by Crippen LogP contribution is -2.11. The van der Waals surface area contributed by atoms with Crippen molar-refractivity contribution >= 4 is 15.9 Å². The zero-order chi connectivity index (χ0) is 13.1. The fourth-order valence-electron chi connectivity index (χ4n) is 1.70. The molecular formula is C12H13BrFN3O. The highest BCUT2D eigenvalue weighted by Crippen LogP contribution is 2.24. The van der Waals surface area contributed by atoms with Crippen molar-refractivity contribution in [3.63, 3.8) is 0 Å². The van der Waals surface area contributed by atoms with E-state index in [4.69, 9.17) is 0 Å². The molecule has 0 aliphatic heterocycles. The van der Waals surface area contributed by atoms with E-state index in [1.165, 1.54) is 18.5 Å². The molecule has 96 valence electrons. The number of aromatic nitrogens is 3. The topological polar surface area (TPSA) is 50.9 Å². The molecule has 18 heavy (non-hydrogen) atoms. The summed E-state index contributed by atoms with van der Waals surface area (Å²) in [6, 6.07) is 4.39. The third kappa shape index (κ3) is 2.59. The molecule has 0 bridgehead atoms. The third-order valence-electron chi connectivity index (χ3n) is 2.58. The molecule has 0 aliphatic carbocycles. The lowest BCUT2D eigenvalue weighted by molar-refractivity contribution is 0.202. The van der Waals surface area contributed by atoms with Crippen LogP contribution >= 0.6 is 15.9 Å². The quantitative estimate of drug-likeness (QED) is 0.944. The molecule has 1 heterocycles. The van der Waals surface area contributed by atoms with E-state index in [9.17, 15) is 9.50 Å². The van der Waals surface area contributed by atoms with E-state index in [0.717, 1.165) is 6.42 Å². The van der Waals surface area contributed by atoms with Crippen LogP contribution in [0.15, 0.2) is 29.0 Å². The maximum absolute atomic E-state index is 13.1. The average molecular weight is 314 g/mol. The first-order valence-electron chi connectivity index (χ1n) is 5.64. The minimum atomic E-state index is -0.907.